The molecule has 3 rings (SSSR count). The molecule has 2 aromatic rings. The maximum absolute atomic E-state index is 13.5. The first-order chi connectivity index (χ1) is 12.5. The molecular weight excluding hydrogens is 337 g/mol. The van der Waals surface area contributed by atoms with Crippen LogP contribution in [-0.4, -0.2) is 23.7 Å². The Morgan fingerprint density at radius 3 is 2.85 bits per heavy atom. The standard InChI is InChI=1S/C20H22FNO4/c1-14-12-20(19(23)24,17-8-7-16(21)11-18(17)26-14)9-10-22-25-13-15-5-3-2-4-6-15/h2-8,11,14,22H,9-10,12-13H2,1H3,(H,23,24). The van der Waals surface area contributed by atoms with Gasteiger partial charge in [-0.15, -0.1) is 0 Å². The second-order valence-corrected chi connectivity index (χ2v) is 6.58. The molecule has 138 valence electrons. The number of hydroxylamine groups is 1. The van der Waals surface area contributed by atoms with E-state index >= 15 is 0 Å². The SMILES string of the molecule is CC1CC(CCNOCc2ccccc2)(C(=O)O)c2ccc(F)cc2O1. The third-order valence-electron chi connectivity index (χ3n) is 4.67. The van der Waals surface area contributed by atoms with Crippen molar-refractivity contribution in [3.63, 3.8) is 0 Å². The molecular formula is C20H22FNO4. The highest BCUT2D eigenvalue weighted by molar-refractivity contribution is 5.83. The van der Waals surface area contributed by atoms with Crippen LogP contribution in [-0.2, 0) is 21.7 Å². The summed E-state index contributed by atoms with van der Waals surface area (Å²) >= 11 is 0. The van der Waals surface area contributed by atoms with Crippen LogP contribution in [0.2, 0.25) is 0 Å². The van der Waals surface area contributed by atoms with E-state index in [0.29, 0.717) is 37.3 Å². The summed E-state index contributed by atoms with van der Waals surface area (Å²) in [6.07, 6.45) is 0.316. The van der Waals surface area contributed by atoms with Crippen molar-refractivity contribution in [2.75, 3.05) is 6.54 Å². The van der Waals surface area contributed by atoms with Gasteiger partial charge < -0.3 is 9.84 Å². The Hall–Kier alpha value is -2.44. The number of hydrogen-bond acceptors (Lipinski definition) is 4. The summed E-state index contributed by atoms with van der Waals surface area (Å²) in [5.74, 6) is -1.08. The molecule has 0 bridgehead atoms. The summed E-state index contributed by atoms with van der Waals surface area (Å²) in [4.78, 5) is 17.6. The zero-order valence-corrected chi connectivity index (χ0v) is 14.6. The number of ether oxygens (including phenoxy) is 1. The third-order valence-corrected chi connectivity index (χ3v) is 4.67. The van der Waals surface area contributed by atoms with Crippen LogP contribution in [0.4, 0.5) is 4.39 Å². The predicted molar refractivity (Wildman–Crippen MR) is 94.3 cm³/mol. The lowest BCUT2D eigenvalue weighted by Crippen LogP contribution is -2.45. The van der Waals surface area contributed by atoms with Crippen LogP contribution in [0.1, 0.15) is 30.9 Å². The molecule has 1 aliphatic rings. The number of hydrogen-bond donors (Lipinski definition) is 2. The molecule has 0 amide bonds. The summed E-state index contributed by atoms with van der Waals surface area (Å²) in [5.41, 5.74) is 3.23. The minimum absolute atomic E-state index is 0.302. The van der Waals surface area contributed by atoms with E-state index in [0.717, 1.165) is 5.56 Å². The first-order valence-corrected chi connectivity index (χ1v) is 8.60. The zero-order chi connectivity index (χ0) is 18.6. The van der Waals surface area contributed by atoms with Crippen LogP contribution < -0.4 is 10.2 Å². The van der Waals surface area contributed by atoms with Gasteiger partial charge in [-0.2, -0.15) is 0 Å². The fourth-order valence-corrected chi connectivity index (χ4v) is 3.44. The van der Waals surface area contributed by atoms with E-state index in [9.17, 15) is 14.3 Å². The van der Waals surface area contributed by atoms with Crippen LogP contribution in [0.5, 0.6) is 5.75 Å². The fraction of sp³-hybridized carbons (Fsp3) is 0.350. The van der Waals surface area contributed by atoms with E-state index in [2.05, 4.69) is 5.48 Å². The Kier molecular flexibility index (Phi) is 5.54. The van der Waals surface area contributed by atoms with Gasteiger partial charge in [-0.1, -0.05) is 36.4 Å². The highest BCUT2D eigenvalue weighted by Crippen LogP contribution is 2.43. The number of carbonyl (C=O) groups is 1. The number of carboxylic acids is 1. The van der Waals surface area contributed by atoms with E-state index in [-0.39, 0.29) is 6.10 Å². The quantitative estimate of drug-likeness (QED) is 0.586. The number of nitrogens with one attached hydrogen (secondary N) is 1. The monoisotopic (exact) mass is 359 g/mol. The lowest BCUT2D eigenvalue weighted by atomic mass is 9.71. The number of rotatable bonds is 7. The van der Waals surface area contributed by atoms with Crippen molar-refractivity contribution in [3.8, 4) is 5.75 Å². The fourth-order valence-electron chi connectivity index (χ4n) is 3.44. The zero-order valence-electron chi connectivity index (χ0n) is 14.6. The van der Waals surface area contributed by atoms with Gasteiger partial charge in [0.15, 0.2) is 0 Å². The minimum atomic E-state index is -1.14. The molecule has 0 spiro atoms. The topological polar surface area (TPSA) is 67.8 Å². The van der Waals surface area contributed by atoms with Gasteiger partial charge in [0.1, 0.15) is 17.0 Å². The van der Waals surface area contributed by atoms with E-state index in [1.165, 1.54) is 18.2 Å². The molecule has 2 N–H and O–H groups in total. The largest absolute Gasteiger partial charge is 0.490 e. The molecule has 0 fully saturated rings. The van der Waals surface area contributed by atoms with Crippen molar-refractivity contribution < 1.29 is 23.9 Å². The van der Waals surface area contributed by atoms with Gasteiger partial charge in [0.25, 0.3) is 0 Å². The molecule has 2 unspecified atom stereocenters. The van der Waals surface area contributed by atoms with Crippen LogP contribution >= 0.6 is 0 Å². The summed E-state index contributed by atoms with van der Waals surface area (Å²) in [5, 5.41) is 9.94. The molecule has 1 heterocycles. The Labute approximate surface area is 151 Å². The minimum Gasteiger partial charge on any atom is -0.490 e. The van der Waals surface area contributed by atoms with Gasteiger partial charge in [0, 0.05) is 24.6 Å². The number of halogens is 1. The van der Waals surface area contributed by atoms with E-state index in [4.69, 9.17) is 9.57 Å². The maximum atomic E-state index is 13.5. The Bertz CT molecular complexity index is 768. The van der Waals surface area contributed by atoms with E-state index in [1.807, 2.05) is 30.3 Å². The molecule has 0 saturated heterocycles. The predicted octanol–water partition coefficient (Wildman–Crippen LogP) is 3.43. The average Bonchev–Trinajstić information content (AvgIpc) is 2.61. The second kappa shape index (κ2) is 7.85. The lowest BCUT2D eigenvalue weighted by molar-refractivity contribution is -0.146. The van der Waals surface area contributed by atoms with Gasteiger partial charge in [-0.25, -0.2) is 9.87 Å². The molecule has 0 saturated carbocycles. The van der Waals surface area contributed by atoms with E-state index < -0.39 is 17.2 Å². The third kappa shape index (κ3) is 3.86. The summed E-state index contributed by atoms with van der Waals surface area (Å²) in [7, 11) is 0. The number of fused-ring (bicyclic) bond motifs is 1. The van der Waals surface area contributed by atoms with Crippen LogP contribution in [0.25, 0.3) is 0 Å². The Morgan fingerprint density at radius 2 is 2.12 bits per heavy atom. The molecule has 6 heteroatoms. The second-order valence-electron chi connectivity index (χ2n) is 6.58. The molecule has 0 aromatic heterocycles. The average molecular weight is 359 g/mol. The molecule has 2 atom stereocenters. The summed E-state index contributed by atoms with van der Waals surface area (Å²) < 4.78 is 19.2. The van der Waals surface area contributed by atoms with Crippen LogP contribution in [0.3, 0.4) is 0 Å². The van der Waals surface area contributed by atoms with Crippen molar-refractivity contribution in [2.45, 2.75) is 37.9 Å². The van der Waals surface area contributed by atoms with Crippen molar-refractivity contribution in [1.29, 1.82) is 0 Å². The molecule has 0 aliphatic carbocycles. The Morgan fingerprint density at radius 1 is 1.35 bits per heavy atom. The molecule has 1 aliphatic heterocycles. The first kappa shape index (κ1) is 18.4. The van der Waals surface area contributed by atoms with Crippen molar-refractivity contribution >= 4 is 5.97 Å². The van der Waals surface area contributed by atoms with Gasteiger partial charge in [0.2, 0.25) is 0 Å². The van der Waals surface area contributed by atoms with Crippen molar-refractivity contribution in [2.24, 2.45) is 0 Å². The number of aliphatic carboxylic acids is 1. The first-order valence-electron chi connectivity index (χ1n) is 8.60. The lowest BCUT2D eigenvalue weighted by Gasteiger charge is -2.38. The van der Waals surface area contributed by atoms with E-state index in [1.54, 1.807) is 6.92 Å². The molecule has 26 heavy (non-hydrogen) atoms. The Balaban J connectivity index is 1.68. The van der Waals surface area contributed by atoms with Gasteiger partial charge in [-0.05, 0) is 25.0 Å². The smallest absolute Gasteiger partial charge is 0.314 e. The van der Waals surface area contributed by atoms with Gasteiger partial charge in [-0.3, -0.25) is 9.63 Å². The van der Waals surface area contributed by atoms with Gasteiger partial charge in [0.05, 0.1) is 12.7 Å². The number of carboxylic acid groups (broad SMARTS) is 1. The van der Waals surface area contributed by atoms with Crippen molar-refractivity contribution in [1.82, 2.24) is 5.48 Å². The molecule has 2 aromatic carbocycles. The maximum Gasteiger partial charge on any atom is 0.314 e. The normalized spacial score (nSPS) is 21.7. The van der Waals surface area contributed by atoms with Crippen LogP contribution in [0.15, 0.2) is 48.5 Å². The summed E-state index contributed by atoms with van der Waals surface area (Å²) in [6, 6.07) is 13.7. The highest BCUT2D eigenvalue weighted by atomic mass is 19.1. The van der Waals surface area contributed by atoms with Gasteiger partial charge >= 0.3 is 5.97 Å². The van der Waals surface area contributed by atoms with Crippen molar-refractivity contribution in [3.05, 3.63) is 65.5 Å². The van der Waals surface area contributed by atoms with Crippen LogP contribution in [0, 0.1) is 5.82 Å². The molecule has 5 nitrogen and oxygen atoms in total. The number of benzene rings is 2. The summed E-state index contributed by atoms with van der Waals surface area (Å²) in [6.45, 7) is 2.54. The molecule has 0 radical (unpaired) electrons. The highest BCUT2D eigenvalue weighted by Gasteiger charge is 2.46.